The van der Waals surface area contributed by atoms with Crippen LogP contribution in [0.15, 0.2) is 24.3 Å². The summed E-state index contributed by atoms with van der Waals surface area (Å²) in [6.45, 7) is 5.35. The van der Waals surface area contributed by atoms with Gasteiger partial charge in [-0.25, -0.2) is 0 Å². The van der Waals surface area contributed by atoms with Gasteiger partial charge in [-0.05, 0) is 44.9 Å². The Labute approximate surface area is 290 Å². The molecule has 0 fully saturated rings. The first kappa shape index (κ1) is 46.0. The molecule has 0 spiro atoms. The monoisotopic (exact) mass is 688 g/mol. The lowest BCUT2D eigenvalue weighted by atomic mass is 10.1. The van der Waals surface area contributed by atoms with E-state index in [9.17, 15) is 14.3 Å². The van der Waals surface area contributed by atoms with Gasteiger partial charge in [0, 0.05) is 13.0 Å². The predicted octanol–water partition coefficient (Wildman–Crippen LogP) is 9.86. The largest absolute Gasteiger partial charge is 0.756 e. The van der Waals surface area contributed by atoms with Crippen LogP contribution in [0.4, 0.5) is 0 Å². The topological polar surface area (TPSA) is 94.1 Å². The number of rotatable bonds is 35. The zero-order valence-corrected chi connectivity index (χ0v) is 32.1. The quantitative estimate of drug-likeness (QED) is 0.0215. The molecule has 0 aromatic heterocycles. The molecule has 47 heavy (non-hydrogen) atoms. The highest BCUT2D eigenvalue weighted by molar-refractivity contribution is 7.45. The Balaban J connectivity index is 4.24. The first-order valence-electron chi connectivity index (χ1n) is 19.1. The fraction of sp³-hybridized carbons (Fsp3) is 0.868. The molecule has 9 heteroatoms. The molecule has 0 amide bonds. The zero-order chi connectivity index (χ0) is 34.9. The highest BCUT2D eigenvalue weighted by atomic mass is 31.2. The molecule has 0 radical (unpaired) electrons. The molecule has 0 saturated carbocycles. The first-order valence-corrected chi connectivity index (χ1v) is 20.5. The highest BCUT2D eigenvalue weighted by Crippen LogP contribution is 2.38. The smallest absolute Gasteiger partial charge is 0.306 e. The van der Waals surface area contributed by atoms with Crippen molar-refractivity contribution in [2.45, 2.75) is 161 Å². The zero-order valence-electron chi connectivity index (χ0n) is 31.2. The van der Waals surface area contributed by atoms with Gasteiger partial charge in [0.1, 0.15) is 19.3 Å². The molecule has 0 saturated heterocycles. The van der Waals surface area contributed by atoms with Crippen molar-refractivity contribution in [1.29, 1.82) is 0 Å². The first-order chi connectivity index (χ1) is 22.6. The number of esters is 1. The lowest BCUT2D eigenvalue weighted by molar-refractivity contribution is -0.870. The number of phosphoric acid groups is 1. The van der Waals surface area contributed by atoms with Crippen LogP contribution in [0.2, 0.25) is 0 Å². The normalized spacial score (nSPS) is 14.3. The van der Waals surface area contributed by atoms with Gasteiger partial charge >= 0.3 is 5.97 Å². The maximum absolute atomic E-state index is 12.6. The van der Waals surface area contributed by atoms with Crippen molar-refractivity contribution in [2.75, 3.05) is 54.1 Å². The molecular formula is C38H74NO7P. The molecule has 0 aromatic carbocycles. The minimum Gasteiger partial charge on any atom is -0.756 e. The summed E-state index contributed by atoms with van der Waals surface area (Å²) in [6, 6.07) is 0. The Bertz CT molecular complexity index is 812. The standard InChI is InChI=1S/C38H74NO7P/c1-6-8-10-12-14-16-17-18-19-20-21-22-23-24-25-27-29-31-38(40)46-37(35-43-33-30-28-26-15-13-11-9-7-2)36-45-47(41,42)44-34-32-39(3,4)5/h14,16,18-19,37H,6-13,15,17,20-36H2,1-5H3/b16-14-,19-18-. The minimum absolute atomic E-state index is 0.0256. The van der Waals surface area contributed by atoms with Crippen molar-refractivity contribution in [3.63, 3.8) is 0 Å². The summed E-state index contributed by atoms with van der Waals surface area (Å²) in [5.74, 6) is -0.344. The van der Waals surface area contributed by atoms with Crippen molar-refractivity contribution in [3.8, 4) is 0 Å². The summed E-state index contributed by atoms with van der Waals surface area (Å²) >= 11 is 0. The van der Waals surface area contributed by atoms with Crippen LogP contribution in [0.1, 0.15) is 155 Å². The van der Waals surface area contributed by atoms with Crippen LogP contribution in [0.5, 0.6) is 0 Å². The predicted molar refractivity (Wildman–Crippen MR) is 194 cm³/mol. The number of carbonyl (C=O) groups excluding carboxylic acids is 1. The fourth-order valence-electron chi connectivity index (χ4n) is 4.99. The third-order valence-electron chi connectivity index (χ3n) is 8.01. The molecule has 2 unspecified atom stereocenters. The summed E-state index contributed by atoms with van der Waals surface area (Å²) in [4.78, 5) is 24.9. The molecule has 0 bridgehead atoms. The van der Waals surface area contributed by atoms with Crippen LogP contribution >= 0.6 is 7.82 Å². The van der Waals surface area contributed by atoms with Crippen LogP contribution in [-0.2, 0) is 27.9 Å². The molecule has 0 rings (SSSR count). The number of likely N-dealkylation sites (N-methyl/N-ethyl adjacent to an activating group) is 1. The number of unbranched alkanes of at least 4 members (excludes halogenated alkanes) is 17. The van der Waals surface area contributed by atoms with Crippen LogP contribution in [-0.4, -0.2) is 70.7 Å². The number of quaternary nitrogens is 1. The van der Waals surface area contributed by atoms with Gasteiger partial charge in [-0.3, -0.25) is 9.36 Å². The summed E-state index contributed by atoms with van der Waals surface area (Å²) in [5, 5.41) is 0. The van der Waals surface area contributed by atoms with Crippen LogP contribution in [0.25, 0.3) is 0 Å². The van der Waals surface area contributed by atoms with E-state index < -0.39 is 13.9 Å². The van der Waals surface area contributed by atoms with E-state index in [1.54, 1.807) is 0 Å². The van der Waals surface area contributed by atoms with E-state index in [1.807, 2.05) is 21.1 Å². The fourth-order valence-corrected chi connectivity index (χ4v) is 5.71. The average molecular weight is 688 g/mol. The maximum atomic E-state index is 12.6. The Kier molecular flexibility index (Phi) is 31.5. The second kappa shape index (κ2) is 32.2. The number of hydrogen-bond donors (Lipinski definition) is 0. The third kappa shape index (κ3) is 36.1. The van der Waals surface area contributed by atoms with E-state index >= 15 is 0 Å². The van der Waals surface area contributed by atoms with Gasteiger partial charge in [0.25, 0.3) is 7.82 Å². The second-order valence-electron chi connectivity index (χ2n) is 13.9. The summed E-state index contributed by atoms with van der Waals surface area (Å²) in [6.07, 6.45) is 33.3. The van der Waals surface area contributed by atoms with Gasteiger partial charge in [-0.1, -0.05) is 128 Å². The van der Waals surface area contributed by atoms with E-state index in [-0.39, 0.29) is 25.8 Å². The molecule has 278 valence electrons. The maximum Gasteiger partial charge on any atom is 0.306 e. The van der Waals surface area contributed by atoms with Crippen LogP contribution in [0.3, 0.4) is 0 Å². The van der Waals surface area contributed by atoms with Crippen molar-refractivity contribution >= 4 is 13.8 Å². The van der Waals surface area contributed by atoms with Gasteiger partial charge < -0.3 is 27.9 Å². The Hall–Kier alpha value is -1.02. The molecule has 8 nitrogen and oxygen atoms in total. The summed E-state index contributed by atoms with van der Waals surface area (Å²) in [7, 11) is 1.35. The van der Waals surface area contributed by atoms with Gasteiger partial charge in [-0.2, -0.15) is 0 Å². The Morgan fingerprint density at radius 1 is 0.660 bits per heavy atom. The number of allylic oxidation sites excluding steroid dienone is 4. The summed E-state index contributed by atoms with van der Waals surface area (Å²) in [5.41, 5.74) is 0. The molecule has 2 atom stereocenters. The van der Waals surface area contributed by atoms with Gasteiger partial charge in [0.05, 0.1) is 34.4 Å². The van der Waals surface area contributed by atoms with E-state index in [2.05, 4.69) is 38.2 Å². The molecular weight excluding hydrogens is 613 g/mol. The third-order valence-corrected chi connectivity index (χ3v) is 8.97. The SMILES string of the molecule is CCCCC/C=C\C/C=C\CCCCCCCCCC(=O)OC(COCCCCCCCCCC)COP(=O)([O-])OCC[N+](C)(C)C. The molecule has 0 aromatic rings. The van der Waals surface area contributed by atoms with Crippen LogP contribution < -0.4 is 4.89 Å². The molecule has 0 aliphatic heterocycles. The van der Waals surface area contributed by atoms with Crippen molar-refractivity contribution < 1.29 is 37.3 Å². The van der Waals surface area contributed by atoms with E-state index in [0.717, 1.165) is 44.9 Å². The molecule has 0 heterocycles. The Morgan fingerprint density at radius 3 is 1.77 bits per heavy atom. The number of ether oxygens (including phenoxy) is 2. The molecule has 0 aliphatic carbocycles. The van der Waals surface area contributed by atoms with Crippen molar-refractivity contribution in [3.05, 3.63) is 24.3 Å². The molecule has 0 aliphatic rings. The van der Waals surface area contributed by atoms with Gasteiger partial charge in [0.2, 0.25) is 0 Å². The van der Waals surface area contributed by atoms with Crippen LogP contribution in [0, 0.1) is 0 Å². The molecule has 0 N–H and O–H groups in total. The Morgan fingerprint density at radius 2 is 1.17 bits per heavy atom. The van der Waals surface area contributed by atoms with Crippen molar-refractivity contribution in [2.24, 2.45) is 0 Å². The van der Waals surface area contributed by atoms with E-state index in [0.29, 0.717) is 24.1 Å². The van der Waals surface area contributed by atoms with E-state index in [1.165, 1.54) is 89.9 Å². The lowest BCUT2D eigenvalue weighted by Gasteiger charge is -2.28. The van der Waals surface area contributed by atoms with Gasteiger partial charge in [-0.15, -0.1) is 0 Å². The summed E-state index contributed by atoms with van der Waals surface area (Å²) < 4.78 is 34.3. The minimum atomic E-state index is -4.51. The number of hydrogen-bond acceptors (Lipinski definition) is 7. The van der Waals surface area contributed by atoms with Crippen molar-refractivity contribution in [1.82, 2.24) is 0 Å². The average Bonchev–Trinajstić information content (AvgIpc) is 3.01. The second-order valence-corrected chi connectivity index (χ2v) is 15.4. The lowest BCUT2D eigenvalue weighted by Crippen LogP contribution is -2.37. The van der Waals surface area contributed by atoms with E-state index in [4.69, 9.17) is 18.5 Å². The number of carbonyl (C=O) groups is 1. The number of phosphoric ester groups is 1. The highest BCUT2D eigenvalue weighted by Gasteiger charge is 2.20. The number of nitrogens with zero attached hydrogens (tertiary/aromatic N) is 1. The van der Waals surface area contributed by atoms with Gasteiger partial charge in [0.15, 0.2) is 0 Å².